The molecule has 2 aromatic rings. The van der Waals surface area contributed by atoms with Crippen LogP contribution in [0.1, 0.15) is 12.5 Å². The fourth-order valence-corrected chi connectivity index (χ4v) is 3.39. The molecular weight excluding hydrogens is 294 g/mol. The molecule has 0 saturated carbocycles. The van der Waals surface area contributed by atoms with E-state index in [1.165, 1.54) is 35.8 Å². The molecule has 0 amide bonds. The summed E-state index contributed by atoms with van der Waals surface area (Å²) in [5, 5.41) is 11.8. The largest absolute Gasteiger partial charge is 0.468 e. The van der Waals surface area contributed by atoms with Gasteiger partial charge in [0, 0.05) is 6.54 Å². The topological polar surface area (TPSA) is 64.1 Å². The number of carbonyl (C=O) groups is 1. The Hall–Kier alpha value is -1.60. The molecule has 1 heterocycles. The van der Waals surface area contributed by atoms with Crippen molar-refractivity contribution in [2.75, 3.05) is 12.4 Å². The Kier molecular flexibility index (Phi) is 5.37. The molecule has 1 N–H and O–H groups in total. The smallest absolute Gasteiger partial charge is 0.318 e. The molecule has 0 aliphatic carbocycles. The van der Waals surface area contributed by atoms with E-state index in [1.54, 1.807) is 6.92 Å². The maximum absolute atomic E-state index is 11.3. The fraction of sp³-hybridized carbons (Fsp3) is 0.308. The van der Waals surface area contributed by atoms with Gasteiger partial charge in [-0.2, -0.15) is 0 Å². The van der Waals surface area contributed by atoms with Crippen molar-refractivity contribution >= 4 is 34.2 Å². The van der Waals surface area contributed by atoms with E-state index in [1.807, 2.05) is 30.3 Å². The van der Waals surface area contributed by atoms with Gasteiger partial charge in [-0.25, -0.2) is 0 Å². The van der Waals surface area contributed by atoms with E-state index in [-0.39, 0.29) is 11.2 Å². The van der Waals surface area contributed by atoms with Gasteiger partial charge in [0.1, 0.15) is 5.25 Å². The third-order valence-corrected chi connectivity index (χ3v) is 4.55. The molecular formula is C13H15N3O2S2. The average molecular weight is 309 g/mol. The van der Waals surface area contributed by atoms with Crippen LogP contribution in [0.2, 0.25) is 0 Å². The van der Waals surface area contributed by atoms with Crippen LogP contribution in [0.25, 0.3) is 0 Å². The van der Waals surface area contributed by atoms with Gasteiger partial charge in [-0.1, -0.05) is 53.4 Å². The van der Waals surface area contributed by atoms with Crippen molar-refractivity contribution in [2.24, 2.45) is 0 Å². The van der Waals surface area contributed by atoms with Crippen molar-refractivity contribution in [2.45, 2.75) is 23.1 Å². The van der Waals surface area contributed by atoms with Gasteiger partial charge >= 0.3 is 5.97 Å². The van der Waals surface area contributed by atoms with Crippen LogP contribution in [0, 0.1) is 0 Å². The van der Waals surface area contributed by atoms with E-state index in [4.69, 9.17) is 0 Å². The number of carbonyl (C=O) groups excluding carboxylic acids is 1. The molecule has 7 heteroatoms. The van der Waals surface area contributed by atoms with Gasteiger partial charge in [0.2, 0.25) is 5.13 Å². The first kappa shape index (κ1) is 14.8. The Morgan fingerprint density at radius 3 is 2.85 bits per heavy atom. The van der Waals surface area contributed by atoms with Crippen LogP contribution in [-0.4, -0.2) is 28.5 Å². The second-order valence-electron chi connectivity index (χ2n) is 4.00. The number of benzene rings is 1. The summed E-state index contributed by atoms with van der Waals surface area (Å²) >= 11 is 2.78. The van der Waals surface area contributed by atoms with E-state index in [0.717, 1.165) is 9.47 Å². The predicted molar refractivity (Wildman–Crippen MR) is 81.0 cm³/mol. The van der Waals surface area contributed by atoms with Crippen molar-refractivity contribution in [1.82, 2.24) is 10.2 Å². The van der Waals surface area contributed by atoms with Crippen LogP contribution in [0.3, 0.4) is 0 Å². The lowest BCUT2D eigenvalue weighted by Crippen LogP contribution is -2.14. The minimum atomic E-state index is -0.282. The third-order valence-electron chi connectivity index (χ3n) is 2.50. The minimum Gasteiger partial charge on any atom is -0.468 e. The summed E-state index contributed by atoms with van der Waals surface area (Å²) in [4.78, 5) is 11.3. The Morgan fingerprint density at radius 1 is 1.40 bits per heavy atom. The van der Waals surface area contributed by atoms with Crippen LogP contribution in [0.4, 0.5) is 5.13 Å². The molecule has 1 atom stereocenters. The van der Waals surface area contributed by atoms with E-state index in [9.17, 15) is 4.79 Å². The molecule has 0 aliphatic rings. The van der Waals surface area contributed by atoms with Crippen molar-refractivity contribution in [3.05, 3.63) is 35.9 Å². The maximum atomic E-state index is 11.3. The van der Waals surface area contributed by atoms with Crippen molar-refractivity contribution in [3.63, 3.8) is 0 Å². The second-order valence-corrected chi connectivity index (χ2v) is 6.56. The standard InChI is InChI=1S/C13H15N3O2S2/c1-9(11(17)18-2)19-13-16-15-12(20-13)14-8-10-6-4-3-5-7-10/h3-7,9H,8H2,1-2H3,(H,14,15). The van der Waals surface area contributed by atoms with Gasteiger partial charge in [-0.05, 0) is 12.5 Å². The number of rotatable bonds is 6. The minimum absolute atomic E-state index is 0.260. The average Bonchev–Trinajstić information content (AvgIpc) is 2.92. The zero-order valence-corrected chi connectivity index (χ0v) is 12.8. The molecule has 1 aromatic heterocycles. The Morgan fingerprint density at radius 2 is 2.15 bits per heavy atom. The molecule has 1 unspecified atom stereocenters. The first-order chi connectivity index (χ1) is 9.69. The second kappa shape index (κ2) is 7.25. The number of methoxy groups -OCH3 is 1. The maximum Gasteiger partial charge on any atom is 0.318 e. The van der Waals surface area contributed by atoms with Gasteiger partial charge in [0.15, 0.2) is 4.34 Å². The molecule has 1 aromatic carbocycles. The Balaban J connectivity index is 1.87. The van der Waals surface area contributed by atoms with E-state index >= 15 is 0 Å². The highest BCUT2D eigenvalue weighted by Gasteiger charge is 2.17. The van der Waals surface area contributed by atoms with Crippen molar-refractivity contribution in [3.8, 4) is 0 Å². The predicted octanol–water partition coefficient (Wildman–Crippen LogP) is 2.80. The molecule has 2 rings (SSSR count). The van der Waals surface area contributed by atoms with Gasteiger partial charge in [0.25, 0.3) is 0 Å². The fourth-order valence-electron chi connectivity index (χ4n) is 1.47. The number of esters is 1. The summed E-state index contributed by atoms with van der Waals surface area (Å²) in [5.74, 6) is -0.260. The van der Waals surface area contributed by atoms with Crippen LogP contribution < -0.4 is 5.32 Å². The molecule has 106 valence electrons. The van der Waals surface area contributed by atoms with E-state index < -0.39 is 0 Å². The molecule has 0 spiro atoms. The molecule has 0 saturated heterocycles. The van der Waals surface area contributed by atoms with Crippen molar-refractivity contribution in [1.29, 1.82) is 0 Å². The van der Waals surface area contributed by atoms with E-state index in [0.29, 0.717) is 6.54 Å². The molecule has 20 heavy (non-hydrogen) atoms. The Bertz CT molecular complexity index is 560. The lowest BCUT2D eigenvalue weighted by molar-refractivity contribution is -0.139. The SMILES string of the molecule is COC(=O)C(C)Sc1nnc(NCc2ccccc2)s1. The monoisotopic (exact) mass is 309 g/mol. The number of aromatic nitrogens is 2. The summed E-state index contributed by atoms with van der Waals surface area (Å²) < 4.78 is 5.43. The summed E-state index contributed by atoms with van der Waals surface area (Å²) in [6.07, 6.45) is 0. The quantitative estimate of drug-likeness (QED) is 0.654. The zero-order chi connectivity index (χ0) is 14.4. The van der Waals surface area contributed by atoms with Gasteiger partial charge in [-0.3, -0.25) is 4.79 Å². The van der Waals surface area contributed by atoms with Crippen molar-refractivity contribution < 1.29 is 9.53 Å². The van der Waals surface area contributed by atoms with Crippen LogP contribution in [-0.2, 0) is 16.1 Å². The number of ether oxygens (including phenoxy) is 1. The first-order valence-electron chi connectivity index (χ1n) is 6.05. The molecule has 0 aliphatic heterocycles. The number of thioether (sulfide) groups is 1. The highest BCUT2D eigenvalue weighted by atomic mass is 32.2. The normalized spacial score (nSPS) is 11.9. The number of anilines is 1. The summed E-state index contributed by atoms with van der Waals surface area (Å²) in [5.41, 5.74) is 1.18. The molecule has 0 bridgehead atoms. The van der Waals surface area contributed by atoms with Crippen LogP contribution in [0.15, 0.2) is 34.7 Å². The summed E-state index contributed by atoms with van der Waals surface area (Å²) in [6.45, 7) is 2.49. The lowest BCUT2D eigenvalue weighted by Gasteiger charge is -2.04. The first-order valence-corrected chi connectivity index (χ1v) is 7.74. The van der Waals surface area contributed by atoms with Gasteiger partial charge in [-0.15, -0.1) is 10.2 Å². The highest BCUT2D eigenvalue weighted by Crippen LogP contribution is 2.29. The third kappa shape index (κ3) is 4.21. The lowest BCUT2D eigenvalue weighted by atomic mass is 10.2. The number of nitrogens with one attached hydrogen (secondary N) is 1. The van der Waals surface area contributed by atoms with E-state index in [2.05, 4.69) is 20.3 Å². The molecule has 0 radical (unpaired) electrons. The molecule has 0 fully saturated rings. The summed E-state index contributed by atoms with van der Waals surface area (Å²) in [6, 6.07) is 10.1. The number of hydrogen-bond donors (Lipinski definition) is 1. The highest BCUT2D eigenvalue weighted by molar-refractivity contribution is 8.02. The molecule has 5 nitrogen and oxygen atoms in total. The number of hydrogen-bond acceptors (Lipinski definition) is 7. The summed E-state index contributed by atoms with van der Waals surface area (Å²) in [7, 11) is 1.38. The van der Waals surface area contributed by atoms with Gasteiger partial charge in [0.05, 0.1) is 7.11 Å². The number of nitrogens with zero attached hydrogens (tertiary/aromatic N) is 2. The Labute approximate surface area is 125 Å². The van der Waals surface area contributed by atoms with Crippen LogP contribution in [0.5, 0.6) is 0 Å². The van der Waals surface area contributed by atoms with Crippen LogP contribution >= 0.6 is 23.1 Å². The zero-order valence-electron chi connectivity index (χ0n) is 11.2. The van der Waals surface area contributed by atoms with Gasteiger partial charge < -0.3 is 10.1 Å².